The number of carboxylic acid groups (broad SMARTS) is 2. The monoisotopic (exact) mass is 1120 g/mol. The molecule has 0 aromatic rings. The molecule has 22 atom stereocenters. The van der Waals surface area contributed by atoms with Gasteiger partial charge in [0, 0.05) is 26.4 Å². The van der Waals surface area contributed by atoms with Crippen LogP contribution in [-0.4, -0.2) is 268 Å². The van der Waals surface area contributed by atoms with Crippen LogP contribution >= 0.6 is 0 Å². The van der Waals surface area contributed by atoms with E-state index in [-0.39, 0.29) is 65.7 Å². The van der Waals surface area contributed by atoms with Gasteiger partial charge in [-0.1, -0.05) is 39.0 Å². The van der Waals surface area contributed by atoms with Crippen molar-refractivity contribution in [3.05, 3.63) is 0 Å². The van der Waals surface area contributed by atoms with Crippen LogP contribution in [0.1, 0.15) is 79.1 Å². The van der Waals surface area contributed by atoms with E-state index in [4.69, 9.17) is 37.9 Å². The minimum atomic E-state index is -3.20. The fourth-order valence-electron chi connectivity index (χ4n) is 9.12. The minimum Gasteiger partial charge on any atom is -0.862 e. The number of carbonyl (C=O) groups excluding carboxylic acids is 1. The van der Waals surface area contributed by atoms with Gasteiger partial charge in [0.1, 0.15) is 97.5 Å². The summed E-state index contributed by atoms with van der Waals surface area (Å²) in [7, 11) is 0. The molecule has 15 N–H and O–H groups in total. The Kier molecular flexibility index (Phi) is 30.0. The molecule has 0 unspecified atom stereocenters. The van der Waals surface area contributed by atoms with Crippen LogP contribution < -0.4 is 74.6 Å². The van der Waals surface area contributed by atoms with Crippen molar-refractivity contribution >= 4 is 29.6 Å². The third-order valence-electron chi connectivity index (χ3n) is 13.0. The number of nitrogens with zero attached hydrogens (tertiary/aromatic N) is 2. The van der Waals surface area contributed by atoms with Gasteiger partial charge in [0.05, 0.1) is 38.6 Å². The van der Waals surface area contributed by atoms with Crippen molar-refractivity contribution in [2.45, 2.75) is 213 Å². The predicted molar refractivity (Wildman–Crippen MR) is 239 cm³/mol. The van der Waals surface area contributed by atoms with Gasteiger partial charge in [0.2, 0.25) is 5.91 Å². The summed E-state index contributed by atoms with van der Waals surface area (Å²) in [5.74, 6) is -12.8. The number of amides is 1. The summed E-state index contributed by atoms with van der Waals surface area (Å²) in [6.45, 7) is 0.585. The first-order chi connectivity index (χ1) is 34.8. The molecule has 0 aromatic heterocycles. The largest absolute Gasteiger partial charge is 1.00 e. The quantitative estimate of drug-likeness (QED) is 0.0157. The molecule has 30 nitrogen and oxygen atoms in total. The molecule has 0 aliphatic carbocycles. The average molecular weight is 1120 g/mol. The average Bonchev–Trinajstić information content (AvgIpc) is 3.34. The standard InChI is InChI=1S/C44H75N3O27.2Na/c1-5-6-7-8-9-10-11-67-39-29(47-20(4)53)35(33(61)26(70-39)17-68-43(41(63)64)12-21(54)27(45-18(2)51)36(72-43)30(58)23(56)14-48)71-40-34(62)38(32(60)25(16-50)69-40)74-44(42(65)66)13-22(55)28(46-19(3)52)37(73-44)31(59)24(57)15-49;;/h21-40,48-50,54-62H,5-17H2,1-4H3,(H,45,51)(H,46,52)(H,47,53)(H,63,64)(H,65,66);;/q;2*+1/p-2/t21-,22-,23+,24+,25+,26+,27+,28+,29+,30+,31+,32-,33-,34+,35+,36+,37+,38-,39-,40-,43+,44-;;/m0../s1. The van der Waals surface area contributed by atoms with E-state index in [1.54, 1.807) is 0 Å². The van der Waals surface area contributed by atoms with Gasteiger partial charge in [-0.25, -0.2) is 9.59 Å². The summed E-state index contributed by atoms with van der Waals surface area (Å²) >= 11 is 0. The smallest absolute Gasteiger partial charge is 0.862 e. The minimum absolute atomic E-state index is 0. The number of nitrogens with one attached hydrogen (secondary N) is 1. The Hall–Kier alpha value is -1.45. The van der Waals surface area contributed by atoms with Gasteiger partial charge in [0.25, 0.3) is 11.6 Å². The first-order valence-electron chi connectivity index (χ1n) is 24.2. The number of carbonyl (C=O) groups is 3. The van der Waals surface area contributed by atoms with E-state index >= 15 is 0 Å². The molecule has 4 saturated heterocycles. The summed E-state index contributed by atoms with van der Waals surface area (Å²) in [6, 6.07) is -5.06. The molecule has 4 aliphatic heterocycles. The second-order valence-corrected chi connectivity index (χ2v) is 18.7. The van der Waals surface area contributed by atoms with E-state index in [0.717, 1.165) is 46.5 Å². The maximum absolute atomic E-state index is 13.1. The second-order valence-electron chi connectivity index (χ2n) is 18.7. The zero-order chi connectivity index (χ0) is 55.4. The van der Waals surface area contributed by atoms with Crippen LogP contribution in [0.15, 0.2) is 9.98 Å². The van der Waals surface area contributed by atoms with Gasteiger partial charge >= 0.3 is 71.1 Å². The van der Waals surface area contributed by atoms with Gasteiger partial charge < -0.3 is 125 Å². The molecule has 4 aliphatic rings. The molecule has 4 heterocycles. The predicted octanol–water partition coefficient (Wildman–Crippen LogP) is -14.2. The first-order valence-corrected chi connectivity index (χ1v) is 24.2. The van der Waals surface area contributed by atoms with Gasteiger partial charge in [-0.05, 0) is 32.1 Å². The molecular formula is C44H73N3Na2O27. The molecular weight excluding hydrogens is 1050 g/mol. The van der Waals surface area contributed by atoms with Crippen molar-refractivity contribution < 1.29 is 193 Å². The van der Waals surface area contributed by atoms with Crippen LogP contribution in [0.2, 0.25) is 0 Å². The van der Waals surface area contributed by atoms with E-state index < -0.39 is 203 Å². The summed E-state index contributed by atoms with van der Waals surface area (Å²) < 4.78 is 46.8. The molecule has 32 heteroatoms. The van der Waals surface area contributed by atoms with E-state index in [1.807, 2.05) is 6.92 Å². The third kappa shape index (κ3) is 17.8. The van der Waals surface area contributed by atoms with E-state index in [9.17, 15) is 96.1 Å². The number of hydrogen-bond donors (Lipinski definition) is 15. The molecule has 0 saturated carbocycles. The van der Waals surface area contributed by atoms with Crippen molar-refractivity contribution in [1.82, 2.24) is 5.32 Å². The molecule has 428 valence electrons. The fourth-order valence-corrected chi connectivity index (χ4v) is 9.12. The number of aliphatic hydroxyl groups is 12. The van der Waals surface area contributed by atoms with Crippen molar-refractivity contribution in [2.24, 2.45) is 9.98 Å². The molecule has 0 aromatic carbocycles. The maximum Gasteiger partial charge on any atom is 1.00 e. The summed E-state index contributed by atoms with van der Waals surface area (Å²) in [4.78, 5) is 46.3. The third-order valence-corrected chi connectivity index (χ3v) is 13.0. The molecule has 0 bridgehead atoms. The van der Waals surface area contributed by atoms with E-state index in [2.05, 4.69) is 15.3 Å². The molecule has 4 fully saturated rings. The number of ether oxygens (including phenoxy) is 8. The van der Waals surface area contributed by atoms with Crippen molar-refractivity contribution in [3.63, 3.8) is 0 Å². The maximum atomic E-state index is 13.1. The van der Waals surface area contributed by atoms with Crippen LogP contribution in [-0.2, 0) is 52.3 Å². The molecule has 4 rings (SSSR count). The Morgan fingerprint density at radius 3 is 1.63 bits per heavy atom. The fraction of sp³-hybridized carbons (Fsp3) is 0.886. The number of aliphatic imine (C=N–C) groups is 2. The number of unbranched alkanes of at least 4 members (excludes halogenated alkanes) is 5. The van der Waals surface area contributed by atoms with Crippen molar-refractivity contribution in [1.29, 1.82) is 0 Å². The molecule has 0 radical (unpaired) electrons. The number of aliphatic carboxylic acids is 2. The van der Waals surface area contributed by atoms with Crippen molar-refractivity contribution in [3.8, 4) is 0 Å². The van der Waals surface area contributed by atoms with Crippen LogP contribution in [0.5, 0.6) is 0 Å². The van der Waals surface area contributed by atoms with Gasteiger partial charge in [-0.3, -0.25) is 14.8 Å². The van der Waals surface area contributed by atoms with Crippen LogP contribution in [0.4, 0.5) is 0 Å². The Balaban J connectivity index is 0.00000988. The summed E-state index contributed by atoms with van der Waals surface area (Å²) in [6.07, 6.45) is -32.5. The number of carboxylic acids is 2. The normalized spacial score (nSPS) is 37.9. The van der Waals surface area contributed by atoms with E-state index in [0.29, 0.717) is 12.8 Å². The molecule has 0 spiro atoms. The zero-order valence-electron chi connectivity index (χ0n) is 43.2. The SMILES string of the molecule is CCCCCCCCO[C@H]1O[C@H](CO[C@]2(C(=O)O)C[C@H](O)[C@@H](N=C(C)[O-])[C@H]([C@H](O)[C@H](O)CO)O2)[C@H](O)[C@H](O[C@@H]2O[C@H](CO)[C@H](O)[C@H](O[C@]3(C(=O)O)C[C@H](O)[C@@H](N=C(C)[O-])[C@H]([C@H](O)[C@H](O)CO)O3)[C@H]2O)[C@H]1NC(C)=O.[Na+].[Na+]. The topological polar surface area (TPSA) is 491 Å². The second kappa shape index (κ2) is 32.3. The Morgan fingerprint density at radius 2 is 1.16 bits per heavy atom. The molecule has 76 heavy (non-hydrogen) atoms. The summed E-state index contributed by atoms with van der Waals surface area (Å²) in [5.41, 5.74) is 0. The van der Waals surface area contributed by atoms with Gasteiger partial charge in [-0.15, -0.1) is 0 Å². The number of rotatable bonds is 27. The van der Waals surface area contributed by atoms with Gasteiger partial charge in [-0.2, -0.15) is 0 Å². The summed E-state index contributed by atoms with van der Waals surface area (Å²) in [5, 5.41) is 177. The van der Waals surface area contributed by atoms with Crippen LogP contribution in [0, 0.1) is 0 Å². The Labute approximate surface area is 481 Å². The van der Waals surface area contributed by atoms with E-state index in [1.165, 1.54) is 0 Å². The Morgan fingerprint density at radius 1 is 0.684 bits per heavy atom. The first kappa shape index (κ1) is 70.7. The number of aliphatic hydroxyl groups excluding tert-OH is 12. The Bertz CT molecular complexity index is 1860. The number of hydrogen-bond acceptors (Lipinski definition) is 27. The zero-order valence-corrected chi connectivity index (χ0v) is 47.2. The van der Waals surface area contributed by atoms with Crippen LogP contribution in [0.25, 0.3) is 0 Å². The van der Waals surface area contributed by atoms with Crippen LogP contribution in [0.3, 0.4) is 0 Å². The van der Waals surface area contributed by atoms with Crippen molar-refractivity contribution in [2.75, 3.05) is 33.0 Å². The molecule has 1 amide bonds. The van der Waals surface area contributed by atoms with Gasteiger partial charge in [0.15, 0.2) is 12.6 Å².